The maximum Gasteiger partial charge on any atom is 0.0734 e. The maximum absolute atomic E-state index is 9.01. The maximum atomic E-state index is 9.01. The Hall–Kier alpha value is -0.970. The minimum atomic E-state index is -0.324. The van der Waals surface area contributed by atoms with Crippen LogP contribution >= 0.6 is 0 Å². The van der Waals surface area contributed by atoms with E-state index in [1.165, 1.54) is 5.56 Å². The summed E-state index contributed by atoms with van der Waals surface area (Å²) in [6, 6.07) is -0.324. The van der Waals surface area contributed by atoms with Crippen LogP contribution in [0.5, 0.6) is 0 Å². The van der Waals surface area contributed by atoms with Crippen molar-refractivity contribution in [3.05, 3.63) is 29.1 Å². The van der Waals surface area contributed by atoms with Crippen molar-refractivity contribution in [3.63, 3.8) is 0 Å². The van der Waals surface area contributed by atoms with Gasteiger partial charge in [0.25, 0.3) is 0 Å². The zero-order chi connectivity index (χ0) is 9.97. The average Bonchev–Trinajstić information content (AvgIpc) is 2.27. The predicted octanol–water partition coefficient (Wildman–Crippen LogP) is 0.146. The number of aliphatic hydroxyl groups excluding tert-OH is 1. The summed E-state index contributed by atoms with van der Waals surface area (Å²) in [5.41, 5.74) is 9.04. The molecule has 2 rings (SSSR count). The van der Waals surface area contributed by atoms with Gasteiger partial charge >= 0.3 is 0 Å². The van der Waals surface area contributed by atoms with E-state index in [4.69, 9.17) is 15.6 Å². The minimum Gasteiger partial charge on any atom is -0.394 e. The lowest BCUT2D eigenvalue weighted by atomic mass is 9.96. The zero-order valence-electron chi connectivity index (χ0n) is 7.94. The predicted molar refractivity (Wildman–Crippen MR) is 51.6 cm³/mol. The first-order valence-electron chi connectivity index (χ1n) is 4.72. The van der Waals surface area contributed by atoms with Crippen LogP contribution in [0.1, 0.15) is 22.7 Å². The molecule has 0 aromatic carbocycles. The third-order valence-corrected chi connectivity index (χ3v) is 2.53. The molecule has 3 N–H and O–H groups in total. The van der Waals surface area contributed by atoms with Gasteiger partial charge in [-0.3, -0.25) is 4.98 Å². The number of aliphatic hydroxyl groups is 1. The highest BCUT2D eigenvalue weighted by Gasteiger charge is 2.17. The molecule has 1 aliphatic heterocycles. The summed E-state index contributed by atoms with van der Waals surface area (Å²) in [5.74, 6) is 0. The molecule has 4 heteroatoms. The van der Waals surface area contributed by atoms with Crippen molar-refractivity contribution in [2.24, 2.45) is 5.73 Å². The van der Waals surface area contributed by atoms with Crippen LogP contribution in [-0.2, 0) is 17.8 Å². The van der Waals surface area contributed by atoms with Gasteiger partial charge in [0.1, 0.15) is 0 Å². The molecule has 0 saturated carbocycles. The summed E-state index contributed by atoms with van der Waals surface area (Å²) < 4.78 is 5.32. The van der Waals surface area contributed by atoms with Gasteiger partial charge in [0.2, 0.25) is 0 Å². The molecule has 76 valence electrons. The minimum absolute atomic E-state index is 0.0427. The molecule has 1 atom stereocenters. The molecule has 0 saturated heterocycles. The molecule has 14 heavy (non-hydrogen) atoms. The Morgan fingerprint density at radius 3 is 3.21 bits per heavy atom. The van der Waals surface area contributed by atoms with Gasteiger partial charge in [0, 0.05) is 12.4 Å². The van der Waals surface area contributed by atoms with Gasteiger partial charge in [-0.05, 0) is 23.1 Å². The summed E-state index contributed by atoms with van der Waals surface area (Å²) in [4.78, 5) is 4.10. The van der Waals surface area contributed by atoms with Crippen molar-refractivity contribution in [1.29, 1.82) is 0 Å². The molecule has 0 amide bonds. The Labute approximate surface area is 82.7 Å². The molecule has 1 unspecified atom stereocenters. The zero-order valence-corrected chi connectivity index (χ0v) is 7.94. The number of rotatable bonds is 2. The normalized spacial score (nSPS) is 17.6. The van der Waals surface area contributed by atoms with Crippen LogP contribution in [0.4, 0.5) is 0 Å². The quantitative estimate of drug-likeness (QED) is 0.703. The monoisotopic (exact) mass is 194 g/mol. The molecule has 0 fully saturated rings. The van der Waals surface area contributed by atoms with Crippen LogP contribution in [0.3, 0.4) is 0 Å². The molecule has 1 aromatic rings. The lowest BCUT2D eigenvalue weighted by Gasteiger charge is -2.21. The van der Waals surface area contributed by atoms with E-state index in [1.807, 2.05) is 6.20 Å². The van der Waals surface area contributed by atoms with Crippen molar-refractivity contribution >= 4 is 0 Å². The Morgan fingerprint density at radius 2 is 2.43 bits per heavy atom. The van der Waals surface area contributed by atoms with Crippen LogP contribution in [0, 0.1) is 0 Å². The summed E-state index contributed by atoms with van der Waals surface area (Å²) in [6.07, 6.45) is 4.41. The standard InChI is InChI=1S/C10H14N2O2/c11-10(5-13)9-4-12-3-7-6-14-2-1-8(7)9/h3-4,10,13H,1-2,5-6,11H2. The second-order valence-corrected chi connectivity index (χ2v) is 3.46. The van der Waals surface area contributed by atoms with Crippen molar-refractivity contribution in [2.75, 3.05) is 13.2 Å². The fourth-order valence-electron chi connectivity index (χ4n) is 1.75. The first kappa shape index (κ1) is 9.58. The first-order valence-corrected chi connectivity index (χ1v) is 4.72. The number of hydrogen-bond acceptors (Lipinski definition) is 4. The van der Waals surface area contributed by atoms with E-state index >= 15 is 0 Å². The molecule has 4 nitrogen and oxygen atoms in total. The average molecular weight is 194 g/mol. The second kappa shape index (κ2) is 4.04. The molecule has 0 spiro atoms. The van der Waals surface area contributed by atoms with Crippen molar-refractivity contribution in [3.8, 4) is 0 Å². The topological polar surface area (TPSA) is 68.4 Å². The Bertz CT molecular complexity index is 328. The van der Waals surface area contributed by atoms with Gasteiger partial charge in [-0.15, -0.1) is 0 Å². The molecule has 0 bridgehead atoms. The third-order valence-electron chi connectivity index (χ3n) is 2.53. The van der Waals surface area contributed by atoms with Crippen LogP contribution in [-0.4, -0.2) is 23.3 Å². The fraction of sp³-hybridized carbons (Fsp3) is 0.500. The van der Waals surface area contributed by atoms with Crippen LogP contribution in [0.25, 0.3) is 0 Å². The number of fused-ring (bicyclic) bond motifs is 1. The van der Waals surface area contributed by atoms with E-state index in [-0.39, 0.29) is 12.6 Å². The van der Waals surface area contributed by atoms with E-state index < -0.39 is 0 Å². The highest BCUT2D eigenvalue weighted by molar-refractivity contribution is 5.34. The number of aromatic nitrogens is 1. The van der Waals surface area contributed by atoms with Crippen LogP contribution < -0.4 is 5.73 Å². The van der Waals surface area contributed by atoms with Gasteiger partial charge in [0.05, 0.1) is 25.9 Å². The number of nitrogens with zero attached hydrogens (tertiary/aromatic N) is 1. The summed E-state index contributed by atoms with van der Waals surface area (Å²) in [7, 11) is 0. The Kier molecular flexibility index (Phi) is 2.77. The number of nitrogens with two attached hydrogens (primary N) is 1. The molecule has 1 aromatic heterocycles. The van der Waals surface area contributed by atoms with E-state index in [0.29, 0.717) is 6.61 Å². The van der Waals surface area contributed by atoms with E-state index in [2.05, 4.69) is 4.98 Å². The second-order valence-electron chi connectivity index (χ2n) is 3.46. The lowest BCUT2D eigenvalue weighted by Crippen LogP contribution is -2.21. The molecule has 0 aliphatic carbocycles. The summed E-state index contributed by atoms with van der Waals surface area (Å²) in [5, 5.41) is 9.01. The summed E-state index contributed by atoms with van der Waals surface area (Å²) >= 11 is 0. The SMILES string of the molecule is NC(CO)c1cncc2c1CCOC2. The number of hydrogen-bond donors (Lipinski definition) is 2. The molecule has 1 aliphatic rings. The fourth-order valence-corrected chi connectivity index (χ4v) is 1.75. The summed E-state index contributed by atoms with van der Waals surface area (Å²) in [6.45, 7) is 1.29. The lowest BCUT2D eigenvalue weighted by molar-refractivity contribution is 0.109. The highest BCUT2D eigenvalue weighted by Crippen LogP contribution is 2.23. The first-order chi connectivity index (χ1) is 6.83. The Balaban J connectivity index is 2.39. The Morgan fingerprint density at radius 1 is 1.57 bits per heavy atom. The highest BCUT2D eigenvalue weighted by atomic mass is 16.5. The van der Waals surface area contributed by atoms with Crippen molar-refractivity contribution in [2.45, 2.75) is 19.1 Å². The third kappa shape index (κ3) is 1.64. The van der Waals surface area contributed by atoms with E-state index in [0.717, 1.165) is 24.2 Å². The van der Waals surface area contributed by atoms with Gasteiger partial charge in [-0.2, -0.15) is 0 Å². The van der Waals surface area contributed by atoms with Gasteiger partial charge in [-0.25, -0.2) is 0 Å². The van der Waals surface area contributed by atoms with Gasteiger partial charge in [-0.1, -0.05) is 0 Å². The smallest absolute Gasteiger partial charge is 0.0734 e. The van der Waals surface area contributed by atoms with Crippen LogP contribution in [0.2, 0.25) is 0 Å². The van der Waals surface area contributed by atoms with E-state index in [1.54, 1.807) is 6.20 Å². The molecular weight excluding hydrogens is 180 g/mol. The van der Waals surface area contributed by atoms with E-state index in [9.17, 15) is 0 Å². The van der Waals surface area contributed by atoms with Gasteiger partial charge < -0.3 is 15.6 Å². The number of pyridine rings is 1. The van der Waals surface area contributed by atoms with Crippen molar-refractivity contribution in [1.82, 2.24) is 4.98 Å². The molecular formula is C10H14N2O2. The van der Waals surface area contributed by atoms with Crippen molar-refractivity contribution < 1.29 is 9.84 Å². The number of ether oxygens (including phenoxy) is 1. The molecule has 2 heterocycles. The largest absolute Gasteiger partial charge is 0.394 e. The molecule has 0 radical (unpaired) electrons. The van der Waals surface area contributed by atoms with Crippen LogP contribution in [0.15, 0.2) is 12.4 Å². The van der Waals surface area contributed by atoms with Gasteiger partial charge in [0.15, 0.2) is 0 Å².